The van der Waals surface area contributed by atoms with Crippen LogP contribution >= 0.6 is 0 Å². The third-order valence-corrected chi connectivity index (χ3v) is 3.78. The first-order chi connectivity index (χ1) is 11.4. The van der Waals surface area contributed by atoms with Crippen molar-refractivity contribution in [1.82, 2.24) is 10.6 Å². The van der Waals surface area contributed by atoms with E-state index < -0.39 is 18.0 Å². The summed E-state index contributed by atoms with van der Waals surface area (Å²) in [4.78, 5) is 23.9. The molecule has 0 saturated carbocycles. The van der Waals surface area contributed by atoms with E-state index in [1.807, 2.05) is 39.0 Å². The van der Waals surface area contributed by atoms with E-state index in [1.54, 1.807) is 24.3 Å². The number of primary amides is 1. The van der Waals surface area contributed by atoms with Crippen molar-refractivity contribution in [3.8, 4) is 0 Å². The Balaban J connectivity index is 2.07. The molecule has 24 heavy (non-hydrogen) atoms. The predicted molar refractivity (Wildman–Crippen MR) is 94.4 cm³/mol. The molecule has 0 spiro atoms. The maximum Gasteiger partial charge on any atom is 0.316 e. The average molecular weight is 325 g/mol. The van der Waals surface area contributed by atoms with Crippen LogP contribution in [0.3, 0.4) is 0 Å². The Morgan fingerprint density at radius 2 is 1.50 bits per heavy atom. The zero-order chi connectivity index (χ0) is 17.7. The highest BCUT2D eigenvalue weighted by Crippen LogP contribution is 2.17. The van der Waals surface area contributed by atoms with Crippen molar-refractivity contribution in [2.24, 2.45) is 5.73 Å². The Labute approximate surface area is 142 Å². The van der Waals surface area contributed by atoms with Crippen LogP contribution < -0.4 is 16.4 Å². The van der Waals surface area contributed by atoms with Gasteiger partial charge in [0.2, 0.25) is 5.91 Å². The van der Waals surface area contributed by atoms with Gasteiger partial charge in [-0.3, -0.25) is 4.79 Å². The third kappa shape index (κ3) is 4.59. The molecule has 0 heterocycles. The largest absolute Gasteiger partial charge is 0.368 e. The lowest BCUT2D eigenvalue weighted by molar-refractivity contribution is -0.119. The molecule has 0 saturated heterocycles. The van der Waals surface area contributed by atoms with Crippen LogP contribution in [0.1, 0.15) is 41.3 Å². The minimum atomic E-state index is -0.863. The summed E-state index contributed by atoms with van der Waals surface area (Å²) < 4.78 is 0. The van der Waals surface area contributed by atoms with Gasteiger partial charge >= 0.3 is 6.03 Å². The topological polar surface area (TPSA) is 84.2 Å². The van der Waals surface area contributed by atoms with Crippen LogP contribution in [-0.2, 0) is 4.79 Å². The molecular weight excluding hydrogens is 302 g/mol. The first-order valence-corrected chi connectivity index (χ1v) is 7.86. The van der Waals surface area contributed by atoms with Crippen LogP contribution in [0.2, 0.25) is 0 Å². The van der Waals surface area contributed by atoms with E-state index in [0.29, 0.717) is 5.56 Å². The van der Waals surface area contributed by atoms with E-state index in [4.69, 9.17) is 5.73 Å². The number of hydrogen-bond acceptors (Lipinski definition) is 2. The van der Waals surface area contributed by atoms with Crippen LogP contribution in [0.4, 0.5) is 4.79 Å². The molecule has 0 aliphatic rings. The molecular formula is C19H23N3O2. The van der Waals surface area contributed by atoms with Gasteiger partial charge in [0.15, 0.2) is 0 Å². The number of carbonyl (C=O) groups is 2. The highest BCUT2D eigenvalue weighted by molar-refractivity contribution is 5.87. The summed E-state index contributed by atoms with van der Waals surface area (Å²) in [6.07, 6.45) is 0. The zero-order valence-electron chi connectivity index (χ0n) is 14.2. The van der Waals surface area contributed by atoms with Crippen molar-refractivity contribution in [3.63, 3.8) is 0 Å². The van der Waals surface area contributed by atoms with Crippen molar-refractivity contribution in [3.05, 3.63) is 70.8 Å². The SMILES string of the molecule is Cc1cc(C)cc([C@@H](C)NC(=O)N[C@@H](C(N)=O)c2ccccc2)c1. The van der Waals surface area contributed by atoms with Gasteiger partial charge in [0.05, 0.1) is 6.04 Å². The Morgan fingerprint density at radius 3 is 2.04 bits per heavy atom. The Bertz CT molecular complexity index is 708. The predicted octanol–water partition coefficient (Wildman–Crippen LogP) is 2.89. The first kappa shape index (κ1) is 17.5. The summed E-state index contributed by atoms with van der Waals surface area (Å²) in [5.41, 5.74) is 9.36. The second kappa shape index (κ2) is 7.64. The Kier molecular flexibility index (Phi) is 5.58. The Hall–Kier alpha value is -2.82. The molecule has 0 radical (unpaired) electrons. The minimum Gasteiger partial charge on any atom is -0.368 e. The van der Waals surface area contributed by atoms with Crippen molar-refractivity contribution >= 4 is 11.9 Å². The highest BCUT2D eigenvalue weighted by Gasteiger charge is 2.21. The first-order valence-electron chi connectivity index (χ1n) is 7.86. The molecule has 0 aliphatic carbocycles. The number of amides is 3. The van der Waals surface area contributed by atoms with Gasteiger partial charge in [0.1, 0.15) is 6.04 Å². The Morgan fingerprint density at radius 1 is 0.917 bits per heavy atom. The summed E-state index contributed by atoms with van der Waals surface area (Å²) in [5, 5.41) is 5.49. The summed E-state index contributed by atoms with van der Waals surface area (Å²) >= 11 is 0. The molecule has 5 nitrogen and oxygen atoms in total. The van der Waals surface area contributed by atoms with Gasteiger partial charge in [-0.25, -0.2) is 4.79 Å². The quantitative estimate of drug-likeness (QED) is 0.789. The number of nitrogens with one attached hydrogen (secondary N) is 2. The lowest BCUT2D eigenvalue weighted by Gasteiger charge is -2.20. The van der Waals surface area contributed by atoms with Gasteiger partial charge in [-0.1, -0.05) is 59.7 Å². The van der Waals surface area contributed by atoms with Gasteiger partial charge in [0.25, 0.3) is 0 Å². The molecule has 2 atom stereocenters. The molecule has 3 amide bonds. The van der Waals surface area contributed by atoms with E-state index in [9.17, 15) is 9.59 Å². The van der Waals surface area contributed by atoms with Gasteiger partial charge in [0, 0.05) is 0 Å². The molecule has 0 aromatic heterocycles. The maximum absolute atomic E-state index is 12.3. The molecule has 0 unspecified atom stereocenters. The van der Waals surface area contributed by atoms with E-state index >= 15 is 0 Å². The molecule has 0 aliphatic heterocycles. The van der Waals surface area contributed by atoms with Crippen molar-refractivity contribution in [2.75, 3.05) is 0 Å². The summed E-state index contributed by atoms with van der Waals surface area (Å²) in [6, 6.07) is 13.6. The normalized spacial score (nSPS) is 13.0. The standard InChI is InChI=1S/C19H23N3O2/c1-12-9-13(2)11-16(10-12)14(3)21-19(24)22-17(18(20)23)15-7-5-4-6-8-15/h4-11,14,17H,1-3H3,(H2,20,23)(H2,21,22,24)/t14-,17-/m1/s1. The second-order valence-corrected chi connectivity index (χ2v) is 6.01. The van der Waals surface area contributed by atoms with E-state index in [0.717, 1.165) is 16.7 Å². The van der Waals surface area contributed by atoms with Crippen molar-refractivity contribution in [2.45, 2.75) is 32.9 Å². The molecule has 2 aromatic carbocycles. The maximum atomic E-state index is 12.3. The molecule has 5 heteroatoms. The van der Waals surface area contributed by atoms with E-state index in [2.05, 4.69) is 16.7 Å². The number of rotatable bonds is 5. The van der Waals surface area contributed by atoms with Crippen molar-refractivity contribution < 1.29 is 9.59 Å². The van der Waals surface area contributed by atoms with Crippen LogP contribution in [0.25, 0.3) is 0 Å². The highest BCUT2D eigenvalue weighted by atomic mass is 16.2. The summed E-state index contributed by atoms with van der Waals surface area (Å²) in [7, 11) is 0. The molecule has 0 bridgehead atoms. The monoisotopic (exact) mass is 325 g/mol. The zero-order valence-corrected chi connectivity index (χ0v) is 14.2. The van der Waals surface area contributed by atoms with Crippen LogP contribution in [0.5, 0.6) is 0 Å². The van der Waals surface area contributed by atoms with Gasteiger partial charge < -0.3 is 16.4 Å². The van der Waals surface area contributed by atoms with Gasteiger partial charge in [-0.15, -0.1) is 0 Å². The van der Waals surface area contributed by atoms with Crippen LogP contribution in [-0.4, -0.2) is 11.9 Å². The molecule has 0 fully saturated rings. The van der Waals surface area contributed by atoms with Crippen LogP contribution in [0.15, 0.2) is 48.5 Å². The number of carbonyl (C=O) groups excluding carboxylic acids is 2. The average Bonchev–Trinajstić information content (AvgIpc) is 2.52. The molecule has 2 rings (SSSR count). The smallest absolute Gasteiger partial charge is 0.316 e. The minimum absolute atomic E-state index is 0.187. The van der Waals surface area contributed by atoms with E-state index in [-0.39, 0.29) is 6.04 Å². The fourth-order valence-electron chi connectivity index (χ4n) is 2.68. The lowest BCUT2D eigenvalue weighted by Crippen LogP contribution is -2.43. The summed E-state index contributed by atoms with van der Waals surface area (Å²) in [5.74, 6) is -0.601. The number of nitrogens with two attached hydrogens (primary N) is 1. The van der Waals surface area contributed by atoms with Gasteiger partial charge in [-0.2, -0.15) is 0 Å². The lowest BCUT2D eigenvalue weighted by atomic mass is 10.0. The van der Waals surface area contributed by atoms with E-state index in [1.165, 1.54) is 0 Å². The van der Waals surface area contributed by atoms with Crippen LogP contribution in [0, 0.1) is 13.8 Å². The molecule has 4 N–H and O–H groups in total. The summed E-state index contributed by atoms with van der Waals surface area (Å²) in [6.45, 7) is 5.93. The molecule has 126 valence electrons. The third-order valence-electron chi connectivity index (χ3n) is 3.78. The van der Waals surface area contributed by atoms with Crippen molar-refractivity contribution in [1.29, 1.82) is 0 Å². The number of urea groups is 1. The van der Waals surface area contributed by atoms with Gasteiger partial charge in [-0.05, 0) is 31.9 Å². The number of benzene rings is 2. The fourth-order valence-corrected chi connectivity index (χ4v) is 2.68. The fraction of sp³-hybridized carbons (Fsp3) is 0.263. The number of aryl methyl sites for hydroxylation is 2. The second-order valence-electron chi connectivity index (χ2n) is 6.01. The molecule has 2 aromatic rings. The number of hydrogen-bond donors (Lipinski definition) is 3.